The molecule has 0 saturated carbocycles. The molecule has 104 valence electrons. The van der Waals surface area contributed by atoms with Gasteiger partial charge in [-0.25, -0.2) is 0 Å². The predicted molar refractivity (Wildman–Crippen MR) is 78.4 cm³/mol. The van der Waals surface area contributed by atoms with Gasteiger partial charge in [-0.1, -0.05) is 0 Å². The molecule has 0 radical (unpaired) electrons. The molecule has 2 aromatic rings. The number of aromatic hydroxyl groups is 2. The maximum absolute atomic E-state index is 9.64. The van der Waals surface area contributed by atoms with Crippen molar-refractivity contribution in [2.24, 2.45) is 0 Å². The Bertz CT molecular complexity index is 607. The van der Waals surface area contributed by atoms with Crippen molar-refractivity contribution >= 4 is 23.3 Å². The van der Waals surface area contributed by atoms with Gasteiger partial charge in [0.25, 0.3) is 0 Å². The number of benzene rings is 1. The Morgan fingerprint density at radius 1 is 1.21 bits per heavy atom. The molecule has 1 heterocycles. The van der Waals surface area contributed by atoms with Gasteiger partial charge in [-0.3, -0.25) is 0 Å². The Morgan fingerprint density at radius 2 is 1.89 bits per heavy atom. The first-order valence-corrected chi connectivity index (χ1v) is 6.28. The zero-order valence-corrected chi connectivity index (χ0v) is 11.9. The minimum Gasteiger partial charge on any atom is -0.504 e. The molecular weight excluding hydrogens is 264 g/mol. The number of aromatic nitrogens is 1. The summed E-state index contributed by atoms with van der Waals surface area (Å²) in [6.07, 6.45) is 3.16. The molecule has 0 spiro atoms. The second-order valence-electron chi connectivity index (χ2n) is 5.33. The molecule has 5 heteroatoms. The maximum atomic E-state index is 9.64. The summed E-state index contributed by atoms with van der Waals surface area (Å²) in [6.45, 7) is 0. The normalized spacial score (nSPS) is 18.4. The summed E-state index contributed by atoms with van der Waals surface area (Å²) < 4.78 is 0. The number of aromatic amines is 1. The molecule has 3 rings (SSSR count). The van der Waals surface area contributed by atoms with Crippen LogP contribution in [0.1, 0.15) is 17.7 Å². The lowest BCUT2D eigenvalue weighted by Gasteiger charge is -2.28. The van der Waals surface area contributed by atoms with Gasteiger partial charge in [-0.15, -0.1) is 12.4 Å². The van der Waals surface area contributed by atoms with Crippen molar-refractivity contribution in [2.45, 2.75) is 25.3 Å². The maximum Gasteiger partial charge on any atom is 0.159 e. The average Bonchev–Trinajstić information content (AvgIpc) is 2.66. The molecule has 1 aliphatic carbocycles. The standard InChI is InChI=1S/C14H18N2O2.ClH/c1-16(2)8-3-4-11-9(5-8)10-6-13(17)14(18)7-12(10)15-11;/h6-8,15,17-18H,3-5H2,1-2H3;1H. The molecule has 0 bridgehead atoms. The molecule has 4 nitrogen and oxygen atoms in total. The smallest absolute Gasteiger partial charge is 0.159 e. The molecule has 0 fully saturated rings. The molecule has 0 saturated heterocycles. The molecule has 1 unspecified atom stereocenters. The molecular formula is C14H19ClN2O2. The van der Waals surface area contributed by atoms with E-state index in [1.54, 1.807) is 12.1 Å². The monoisotopic (exact) mass is 282 g/mol. The first-order chi connectivity index (χ1) is 8.56. The van der Waals surface area contributed by atoms with Crippen LogP contribution in [0.4, 0.5) is 0 Å². The summed E-state index contributed by atoms with van der Waals surface area (Å²) in [7, 11) is 4.21. The van der Waals surface area contributed by atoms with E-state index in [1.807, 2.05) is 0 Å². The molecule has 3 N–H and O–H groups in total. The minimum atomic E-state index is -0.0646. The molecule has 0 aliphatic heterocycles. The quantitative estimate of drug-likeness (QED) is 0.704. The fourth-order valence-corrected chi connectivity index (χ4v) is 2.87. The lowest BCUT2D eigenvalue weighted by Crippen LogP contribution is -2.33. The van der Waals surface area contributed by atoms with Crippen LogP contribution in [0.25, 0.3) is 10.9 Å². The SMILES string of the molecule is CN(C)C1CCc2[nH]c3cc(O)c(O)cc3c2C1.Cl. The van der Waals surface area contributed by atoms with E-state index < -0.39 is 0 Å². The van der Waals surface area contributed by atoms with E-state index in [0.29, 0.717) is 6.04 Å². The number of aryl methyl sites for hydroxylation is 1. The van der Waals surface area contributed by atoms with Crippen LogP contribution in [-0.4, -0.2) is 40.2 Å². The van der Waals surface area contributed by atoms with Gasteiger partial charge in [0.2, 0.25) is 0 Å². The topological polar surface area (TPSA) is 59.5 Å². The fraction of sp³-hybridized carbons (Fsp3) is 0.429. The Morgan fingerprint density at radius 3 is 2.58 bits per heavy atom. The van der Waals surface area contributed by atoms with Gasteiger partial charge >= 0.3 is 0 Å². The van der Waals surface area contributed by atoms with Gasteiger partial charge in [0.1, 0.15) is 0 Å². The van der Waals surface area contributed by atoms with Gasteiger partial charge in [0.05, 0.1) is 0 Å². The van der Waals surface area contributed by atoms with Crippen LogP contribution in [0.15, 0.2) is 12.1 Å². The van der Waals surface area contributed by atoms with E-state index in [1.165, 1.54) is 11.3 Å². The van der Waals surface area contributed by atoms with Gasteiger partial charge in [-0.05, 0) is 45.0 Å². The lowest BCUT2D eigenvalue weighted by atomic mass is 9.91. The molecule has 0 amide bonds. The zero-order chi connectivity index (χ0) is 12.9. The summed E-state index contributed by atoms with van der Waals surface area (Å²) in [6, 6.07) is 3.82. The van der Waals surface area contributed by atoms with Crippen molar-refractivity contribution in [2.75, 3.05) is 14.1 Å². The Hall–Kier alpha value is -1.39. The highest BCUT2D eigenvalue weighted by molar-refractivity contribution is 5.88. The van der Waals surface area contributed by atoms with E-state index >= 15 is 0 Å². The van der Waals surface area contributed by atoms with Gasteiger partial charge in [0, 0.05) is 28.7 Å². The van der Waals surface area contributed by atoms with E-state index in [4.69, 9.17) is 0 Å². The summed E-state index contributed by atoms with van der Waals surface area (Å²) in [5, 5.41) is 20.2. The number of H-pyrrole nitrogens is 1. The summed E-state index contributed by atoms with van der Waals surface area (Å²) in [5.41, 5.74) is 3.44. The number of halogens is 1. The molecule has 1 aromatic carbocycles. The third kappa shape index (κ3) is 2.26. The Balaban J connectivity index is 0.00000133. The highest BCUT2D eigenvalue weighted by atomic mass is 35.5. The van der Waals surface area contributed by atoms with E-state index in [0.717, 1.165) is 30.2 Å². The number of rotatable bonds is 1. The summed E-state index contributed by atoms with van der Waals surface area (Å²) >= 11 is 0. The highest BCUT2D eigenvalue weighted by Crippen LogP contribution is 2.36. The largest absolute Gasteiger partial charge is 0.504 e. The molecule has 19 heavy (non-hydrogen) atoms. The van der Waals surface area contributed by atoms with Crippen LogP contribution in [-0.2, 0) is 12.8 Å². The number of hydrogen-bond donors (Lipinski definition) is 3. The van der Waals surface area contributed by atoms with E-state index in [9.17, 15) is 10.2 Å². The molecule has 1 aromatic heterocycles. The lowest BCUT2D eigenvalue weighted by molar-refractivity contribution is 0.268. The molecule has 1 atom stereocenters. The number of nitrogens with zero attached hydrogens (tertiary/aromatic N) is 1. The van der Waals surface area contributed by atoms with Gasteiger partial charge in [-0.2, -0.15) is 0 Å². The van der Waals surface area contributed by atoms with E-state index in [-0.39, 0.29) is 23.9 Å². The van der Waals surface area contributed by atoms with Crippen LogP contribution in [0.2, 0.25) is 0 Å². The van der Waals surface area contributed by atoms with Crippen molar-refractivity contribution in [3.8, 4) is 11.5 Å². The van der Waals surface area contributed by atoms with Gasteiger partial charge in [0.15, 0.2) is 11.5 Å². The predicted octanol–water partition coefficient (Wildman–Crippen LogP) is 2.42. The van der Waals surface area contributed by atoms with Crippen LogP contribution in [0.5, 0.6) is 11.5 Å². The second-order valence-corrected chi connectivity index (χ2v) is 5.33. The average molecular weight is 283 g/mol. The Kier molecular flexibility index (Phi) is 3.65. The number of phenolic OH excluding ortho intramolecular Hbond substituents is 2. The van der Waals surface area contributed by atoms with Crippen molar-refractivity contribution in [1.82, 2.24) is 9.88 Å². The van der Waals surface area contributed by atoms with E-state index in [2.05, 4.69) is 24.0 Å². The highest BCUT2D eigenvalue weighted by Gasteiger charge is 2.24. The van der Waals surface area contributed by atoms with Crippen LogP contribution in [0, 0.1) is 0 Å². The van der Waals surface area contributed by atoms with Crippen LogP contribution >= 0.6 is 12.4 Å². The number of hydrogen-bond acceptors (Lipinski definition) is 3. The van der Waals surface area contributed by atoms with Crippen molar-refractivity contribution in [3.05, 3.63) is 23.4 Å². The van der Waals surface area contributed by atoms with Crippen LogP contribution < -0.4 is 0 Å². The zero-order valence-electron chi connectivity index (χ0n) is 11.1. The molecule has 1 aliphatic rings. The van der Waals surface area contributed by atoms with Crippen molar-refractivity contribution in [1.29, 1.82) is 0 Å². The first kappa shape index (κ1) is 14.0. The fourth-order valence-electron chi connectivity index (χ4n) is 2.87. The van der Waals surface area contributed by atoms with Gasteiger partial charge < -0.3 is 20.1 Å². The number of likely N-dealkylation sites (N-methyl/N-ethyl adjacent to an activating group) is 1. The number of nitrogens with one attached hydrogen (secondary N) is 1. The van der Waals surface area contributed by atoms with Crippen LogP contribution in [0.3, 0.4) is 0 Å². The third-order valence-electron chi connectivity index (χ3n) is 3.99. The van der Waals surface area contributed by atoms with Crippen molar-refractivity contribution in [3.63, 3.8) is 0 Å². The minimum absolute atomic E-state index is 0. The Labute approximate surface area is 118 Å². The summed E-state index contributed by atoms with van der Waals surface area (Å²) in [4.78, 5) is 5.61. The number of phenols is 2. The first-order valence-electron chi connectivity index (χ1n) is 6.28. The summed E-state index contributed by atoms with van der Waals surface area (Å²) in [5.74, 6) is -0.110. The second kappa shape index (κ2) is 4.94. The third-order valence-corrected chi connectivity index (χ3v) is 3.99. The number of fused-ring (bicyclic) bond motifs is 3. The van der Waals surface area contributed by atoms with Crippen molar-refractivity contribution < 1.29 is 10.2 Å².